The maximum Gasteiger partial charge on any atom is 0.309 e. The normalized spacial score (nSPS) is 24.1. The Balaban J connectivity index is 1.59. The Morgan fingerprint density at radius 1 is 1.03 bits per heavy atom. The SMILES string of the molecule is CC(C)C[C@@H]1NCCN([C@@H](CC(C)C)C(=O)N2CCC(C(=O)OCC3CC3)CC2)C1=O. The molecule has 0 radical (unpaired) electrons. The van der Waals surface area contributed by atoms with Crippen LogP contribution in [0.2, 0.25) is 0 Å². The van der Waals surface area contributed by atoms with Gasteiger partial charge < -0.3 is 19.9 Å². The Hall–Kier alpha value is -1.63. The van der Waals surface area contributed by atoms with Crippen LogP contribution in [0.4, 0.5) is 0 Å². The van der Waals surface area contributed by atoms with Crippen LogP contribution in [0, 0.1) is 23.7 Å². The molecule has 0 aromatic heterocycles. The zero-order valence-corrected chi connectivity index (χ0v) is 19.8. The van der Waals surface area contributed by atoms with Crippen molar-refractivity contribution >= 4 is 17.8 Å². The standard InChI is InChI=1S/C24H41N3O4/c1-16(2)13-20-22(28)27(12-9-25-20)21(14-17(3)4)23(29)26-10-7-19(8-11-26)24(30)31-15-18-5-6-18/h16-21,25H,5-15H2,1-4H3/t20-,21-/m0/s1. The molecule has 176 valence electrons. The fraction of sp³-hybridized carbons (Fsp3) is 0.875. The van der Waals surface area contributed by atoms with Gasteiger partial charge in [0.2, 0.25) is 11.8 Å². The van der Waals surface area contributed by atoms with Gasteiger partial charge in [0.15, 0.2) is 0 Å². The van der Waals surface area contributed by atoms with E-state index >= 15 is 0 Å². The fourth-order valence-electron chi connectivity index (χ4n) is 4.68. The van der Waals surface area contributed by atoms with Crippen LogP contribution in [0.3, 0.4) is 0 Å². The van der Waals surface area contributed by atoms with E-state index in [1.165, 1.54) is 12.8 Å². The van der Waals surface area contributed by atoms with Gasteiger partial charge in [-0.25, -0.2) is 0 Å². The Morgan fingerprint density at radius 2 is 1.71 bits per heavy atom. The van der Waals surface area contributed by atoms with Crippen LogP contribution < -0.4 is 5.32 Å². The number of carbonyl (C=O) groups excluding carboxylic acids is 3. The quantitative estimate of drug-likeness (QED) is 0.563. The topological polar surface area (TPSA) is 79.0 Å². The summed E-state index contributed by atoms with van der Waals surface area (Å²) >= 11 is 0. The Labute approximate surface area is 187 Å². The van der Waals surface area contributed by atoms with Gasteiger partial charge in [-0.05, 0) is 56.3 Å². The highest BCUT2D eigenvalue weighted by atomic mass is 16.5. The number of hydrogen-bond acceptors (Lipinski definition) is 5. The van der Waals surface area contributed by atoms with Gasteiger partial charge >= 0.3 is 5.97 Å². The van der Waals surface area contributed by atoms with Gasteiger partial charge in [-0.2, -0.15) is 0 Å². The molecular weight excluding hydrogens is 394 g/mol. The number of amides is 2. The van der Waals surface area contributed by atoms with Crippen molar-refractivity contribution in [2.45, 2.75) is 78.3 Å². The largest absolute Gasteiger partial charge is 0.465 e. The zero-order chi connectivity index (χ0) is 22.5. The van der Waals surface area contributed by atoms with Crippen LogP contribution in [-0.2, 0) is 19.1 Å². The molecule has 0 bridgehead atoms. The molecule has 2 amide bonds. The number of carbonyl (C=O) groups is 3. The summed E-state index contributed by atoms with van der Waals surface area (Å²) in [7, 11) is 0. The second kappa shape index (κ2) is 10.8. The Bertz CT molecular complexity index is 639. The first-order valence-corrected chi connectivity index (χ1v) is 12.3. The predicted molar refractivity (Wildman–Crippen MR) is 119 cm³/mol. The molecular formula is C24H41N3O4. The lowest BCUT2D eigenvalue weighted by Crippen LogP contribution is -2.62. The molecule has 1 N–H and O–H groups in total. The molecule has 1 aliphatic carbocycles. The van der Waals surface area contributed by atoms with Crippen molar-refractivity contribution in [1.29, 1.82) is 0 Å². The van der Waals surface area contributed by atoms with Crippen molar-refractivity contribution in [3.63, 3.8) is 0 Å². The van der Waals surface area contributed by atoms with E-state index in [9.17, 15) is 14.4 Å². The number of ether oxygens (including phenoxy) is 1. The number of hydrogen-bond donors (Lipinski definition) is 1. The molecule has 2 heterocycles. The average molecular weight is 436 g/mol. The number of likely N-dealkylation sites (tertiary alicyclic amines) is 1. The smallest absolute Gasteiger partial charge is 0.309 e. The predicted octanol–water partition coefficient (Wildman–Crippen LogP) is 2.44. The maximum absolute atomic E-state index is 13.5. The van der Waals surface area contributed by atoms with Gasteiger partial charge in [0.05, 0.1) is 18.6 Å². The Morgan fingerprint density at radius 3 is 2.29 bits per heavy atom. The fourth-order valence-corrected chi connectivity index (χ4v) is 4.68. The van der Waals surface area contributed by atoms with Gasteiger partial charge in [0.1, 0.15) is 6.04 Å². The van der Waals surface area contributed by atoms with Gasteiger partial charge in [-0.15, -0.1) is 0 Å². The number of rotatable bonds is 9. The summed E-state index contributed by atoms with van der Waals surface area (Å²) in [6.07, 6.45) is 5.08. The first kappa shape index (κ1) is 24.0. The molecule has 7 heteroatoms. The molecule has 0 unspecified atom stereocenters. The summed E-state index contributed by atoms with van der Waals surface area (Å²) in [6, 6.07) is -0.620. The molecule has 1 saturated carbocycles. The van der Waals surface area contributed by atoms with Crippen molar-refractivity contribution in [3.05, 3.63) is 0 Å². The van der Waals surface area contributed by atoms with Gasteiger partial charge in [-0.3, -0.25) is 14.4 Å². The number of esters is 1. The van der Waals surface area contributed by atoms with Gasteiger partial charge in [0, 0.05) is 26.2 Å². The molecule has 0 spiro atoms. The third kappa shape index (κ3) is 6.67. The molecule has 0 aromatic rings. The van der Waals surface area contributed by atoms with E-state index in [2.05, 4.69) is 33.0 Å². The van der Waals surface area contributed by atoms with E-state index in [0.29, 0.717) is 63.3 Å². The van der Waals surface area contributed by atoms with Crippen LogP contribution in [0.1, 0.15) is 66.2 Å². The molecule has 7 nitrogen and oxygen atoms in total. The van der Waals surface area contributed by atoms with E-state index in [-0.39, 0.29) is 29.7 Å². The summed E-state index contributed by atoms with van der Waals surface area (Å²) in [5, 5.41) is 3.33. The molecule has 3 rings (SSSR count). The van der Waals surface area contributed by atoms with Crippen LogP contribution >= 0.6 is 0 Å². The summed E-state index contributed by atoms with van der Waals surface area (Å²) in [6.45, 7) is 11.4. The average Bonchev–Trinajstić information content (AvgIpc) is 3.56. The minimum absolute atomic E-state index is 0.0389. The molecule has 3 aliphatic rings. The third-order valence-electron chi connectivity index (χ3n) is 6.69. The second-order valence-corrected chi connectivity index (χ2v) is 10.5. The molecule has 3 fully saturated rings. The van der Waals surface area contributed by atoms with Gasteiger partial charge in [-0.1, -0.05) is 27.7 Å². The zero-order valence-electron chi connectivity index (χ0n) is 19.8. The van der Waals surface area contributed by atoms with Gasteiger partial charge in [0.25, 0.3) is 0 Å². The summed E-state index contributed by atoms with van der Waals surface area (Å²) < 4.78 is 5.45. The van der Waals surface area contributed by atoms with Crippen molar-refractivity contribution in [2.75, 3.05) is 32.8 Å². The molecule has 2 aliphatic heterocycles. The summed E-state index contributed by atoms with van der Waals surface area (Å²) in [4.78, 5) is 42.7. The second-order valence-electron chi connectivity index (χ2n) is 10.5. The summed E-state index contributed by atoms with van der Waals surface area (Å²) in [5.74, 6) is 1.18. The lowest BCUT2D eigenvalue weighted by Gasteiger charge is -2.42. The highest BCUT2D eigenvalue weighted by molar-refractivity contribution is 5.90. The first-order chi connectivity index (χ1) is 14.8. The van der Waals surface area contributed by atoms with E-state index in [4.69, 9.17) is 4.74 Å². The summed E-state index contributed by atoms with van der Waals surface area (Å²) in [5.41, 5.74) is 0. The monoisotopic (exact) mass is 435 g/mol. The van der Waals surface area contributed by atoms with E-state index in [1.807, 2.05) is 9.80 Å². The van der Waals surface area contributed by atoms with Crippen molar-refractivity contribution in [2.24, 2.45) is 23.7 Å². The van der Waals surface area contributed by atoms with Crippen molar-refractivity contribution in [1.82, 2.24) is 15.1 Å². The van der Waals surface area contributed by atoms with Crippen LogP contribution in [-0.4, -0.2) is 72.5 Å². The van der Waals surface area contributed by atoms with Crippen LogP contribution in [0.5, 0.6) is 0 Å². The molecule has 2 atom stereocenters. The van der Waals surface area contributed by atoms with E-state index in [0.717, 1.165) is 13.0 Å². The minimum atomic E-state index is -0.414. The maximum atomic E-state index is 13.5. The minimum Gasteiger partial charge on any atom is -0.465 e. The van der Waals surface area contributed by atoms with Crippen LogP contribution in [0.25, 0.3) is 0 Å². The lowest BCUT2D eigenvalue weighted by molar-refractivity contribution is -0.154. The molecule has 2 saturated heterocycles. The number of piperidine rings is 1. The molecule has 0 aromatic carbocycles. The lowest BCUT2D eigenvalue weighted by atomic mass is 9.94. The van der Waals surface area contributed by atoms with E-state index < -0.39 is 6.04 Å². The highest BCUT2D eigenvalue weighted by Crippen LogP contribution is 2.30. The number of piperazine rings is 1. The number of nitrogens with one attached hydrogen (secondary N) is 1. The number of nitrogens with zero attached hydrogens (tertiary/aromatic N) is 2. The Kier molecular flexibility index (Phi) is 8.36. The van der Waals surface area contributed by atoms with E-state index in [1.54, 1.807) is 0 Å². The third-order valence-corrected chi connectivity index (χ3v) is 6.69. The van der Waals surface area contributed by atoms with Crippen molar-refractivity contribution < 1.29 is 19.1 Å². The van der Waals surface area contributed by atoms with Crippen molar-refractivity contribution in [3.8, 4) is 0 Å². The molecule has 31 heavy (non-hydrogen) atoms. The first-order valence-electron chi connectivity index (χ1n) is 12.3. The highest BCUT2D eigenvalue weighted by Gasteiger charge is 2.39. The van der Waals surface area contributed by atoms with Crippen LogP contribution in [0.15, 0.2) is 0 Å².